The van der Waals surface area contributed by atoms with Gasteiger partial charge in [0.2, 0.25) is 5.91 Å². The molecule has 7 heteroatoms. The third-order valence-corrected chi connectivity index (χ3v) is 6.92. The van der Waals surface area contributed by atoms with Gasteiger partial charge in [-0.15, -0.1) is 0 Å². The van der Waals surface area contributed by atoms with Crippen molar-refractivity contribution in [3.63, 3.8) is 0 Å². The number of fused-ring (bicyclic) bond motifs is 1. The Morgan fingerprint density at radius 1 is 1.00 bits per heavy atom. The number of nitrogens with one attached hydrogen (secondary N) is 2. The minimum absolute atomic E-state index is 0.0926. The van der Waals surface area contributed by atoms with Gasteiger partial charge in [0.25, 0.3) is 0 Å². The summed E-state index contributed by atoms with van der Waals surface area (Å²) < 4.78 is 0. The number of rotatable bonds is 5. The molecule has 0 unspecified atom stereocenters. The molecule has 7 rings (SSSR count). The number of hydrogen-bond donors (Lipinski definition) is 2. The molecule has 0 spiro atoms. The van der Waals surface area contributed by atoms with Gasteiger partial charge in [-0.25, -0.2) is 5.43 Å². The maximum atomic E-state index is 12.9. The smallest absolute Gasteiger partial charge is 0.244 e. The molecule has 5 heterocycles. The second-order valence-electron chi connectivity index (χ2n) is 9.59. The molecule has 0 saturated carbocycles. The zero-order valence-corrected chi connectivity index (χ0v) is 18.3. The van der Waals surface area contributed by atoms with Gasteiger partial charge in [0.1, 0.15) is 0 Å². The van der Waals surface area contributed by atoms with E-state index in [4.69, 9.17) is 5.10 Å². The Morgan fingerprint density at radius 2 is 1.66 bits per heavy atom. The van der Waals surface area contributed by atoms with Crippen LogP contribution in [0.25, 0.3) is 10.9 Å². The molecule has 2 N–H and O–H groups in total. The molecule has 4 fully saturated rings. The Balaban J connectivity index is 1.30. The van der Waals surface area contributed by atoms with Crippen LogP contribution in [0.4, 0.5) is 0 Å². The van der Waals surface area contributed by atoms with Crippen molar-refractivity contribution in [1.29, 1.82) is 0 Å². The van der Waals surface area contributed by atoms with Crippen LogP contribution in [-0.4, -0.2) is 70.9 Å². The van der Waals surface area contributed by atoms with E-state index in [0.29, 0.717) is 6.42 Å². The number of H-pyrrole nitrogens is 1. The quantitative estimate of drug-likeness (QED) is 0.484. The number of amides is 1. The molecule has 4 aliphatic heterocycles. The number of aromatic nitrogens is 1. The van der Waals surface area contributed by atoms with E-state index in [0.717, 1.165) is 67.4 Å². The molecule has 0 atom stereocenters. The van der Waals surface area contributed by atoms with E-state index in [1.165, 1.54) is 5.56 Å². The van der Waals surface area contributed by atoms with E-state index in [1.807, 2.05) is 30.5 Å². The van der Waals surface area contributed by atoms with E-state index in [9.17, 15) is 4.79 Å². The number of benzene rings is 2. The number of para-hydroxylation sites is 1. The fraction of sp³-hybridized carbons (Fsp3) is 0.360. The van der Waals surface area contributed by atoms with Gasteiger partial charge in [-0.05, 0) is 24.1 Å². The Hall–Kier alpha value is -3.00. The molecule has 0 radical (unpaired) electrons. The first-order chi connectivity index (χ1) is 15.6. The minimum atomic E-state index is -0.0991. The normalized spacial score (nSPS) is 28.9. The number of nitrogens with zero attached hydrogens (tertiary/aromatic N) is 4. The summed E-state index contributed by atoms with van der Waals surface area (Å²) in [6.45, 7) is 8.09. The highest BCUT2D eigenvalue weighted by Crippen LogP contribution is 2.38. The lowest BCUT2D eigenvalue weighted by atomic mass is 9.74. The maximum absolute atomic E-state index is 12.9. The molecule has 1 aromatic heterocycles. The number of carbonyl (C=O) groups is 1. The van der Waals surface area contributed by atoms with E-state index in [-0.39, 0.29) is 11.3 Å². The summed E-state index contributed by atoms with van der Waals surface area (Å²) in [5.41, 5.74) is 8.14. The van der Waals surface area contributed by atoms with Crippen molar-refractivity contribution >= 4 is 22.5 Å². The summed E-state index contributed by atoms with van der Waals surface area (Å²) >= 11 is 0. The van der Waals surface area contributed by atoms with Crippen molar-refractivity contribution in [3.8, 4) is 0 Å². The molecule has 7 nitrogen and oxygen atoms in total. The second-order valence-corrected chi connectivity index (χ2v) is 9.59. The van der Waals surface area contributed by atoms with E-state index in [1.54, 1.807) is 0 Å². The van der Waals surface area contributed by atoms with Crippen LogP contribution < -0.4 is 5.43 Å². The summed E-state index contributed by atoms with van der Waals surface area (Å²) in [5.74, 6) is -0.0926. The van der Waals surface area contributed by atoms with E-state index >= 15 is 0 Å². The molecule has 32 heavy (non-hydrogen) atoms. The summed E-state index contributed by atoms with van der Waals surface area (Å²) in [5, 5.41) is 5.88. The van der Waals surface area contributed by atoms with Gasteiger partial charge in [0, 0.05) is 36.7 Å². The fourth-order valence-corrected chi connectivity index (χ4v) is 5.75. The first kappa shape index (κ1) is 19.7. The Bertz CT molecular complexity index is 1160. The van der Waals surface area contributed by atoms with Crippen molar-refractivity contribution in [2.45, 2.75) is 13.3 Å². The van der Waals surface area contributed by atoms with Gasteiger partial charge in [0.05, 0.1) is 37.6 Å². The zero-order valence-electron chi connectivity index (χ0n) is 18.3. The van der Waals surface area contributed by atoms with Crippen LogP contribution in [-0.2, 0) is 11.2 Å². The lowest BCUT2D eigenvalue weighted by Crippen LogP contribution is -2.74. The molecular formula is C25H28N6O. The lowest BCUT2D eigenvalue weighted by molar-refractivity contribution is -0.149. The van der Waals surface area contributed by atoms with E-state index in [2.05, 4.69) is 56.3 Å². The molecule has 1 amide bonds. The molecule has 164 valence electrons. The van der Waals surface area contributed by atoms with Crippen LogP contribution in [0, 0.1) is 12.3 Å². The predicted molar refractivity (Wildman–Crippen MR) is 125 cm³/mol. The Kier molecular flexibility index (Phi) is 4.64. The molecule has 4 bridgehead atoms. The summed E-state index contributed by atoms with van der Waals surface area (Å²) in [7, 11) is 0. The van der Waals surface area contributed by atoms with Crippen LogP contribution in [0.15, 0.2) is 59.8 Å². The predicted octanol–water partition coefficient (Wildman–Crippen LogP) is 2.35. The first-order valence-corrected chi connectivity index (χ1v) is 11.2. The monoisotopic (exact) mass is 428 g/mol. The lowest BCUT2D eigenvalue weighted by Gasteiger charge is -2.60. The molecule has 2 aromatic carbocycles. The largest absolute Gasteiger partial charge is 0.361 e. The average molecular weight is 429 g/mol. The summed E-state index contributed by atoms with van der Waals surface area (Å²) in [6.07, 6.45) is 2.22. The van der Waals surface area contributed by atoms with Crippen molar-refractivity contribution in [2.24, 2.45) is 10.5 Å². The standard InChI is InChI=1S/C25H28N6O/c1-18-6-8-19(9-7-18)24(25-12-29-15-30(13-25)17-31(14-25)16-29)28-27-23(32)10-20-11-26-22-5-3-2-4-21(20)22/h2-9,11,26H,10,12-17H2,1H3,(H,27,32). The first-order valence-electron chi connectivity index (χ1n) is 11.2. The van der Waals surface area contributed by atoms with Gasteiger partial charge in [-0.2, -0.15) is 5.10 Å². The van der Waals surface area contributed by atoms with Crippen LogP contribution in [0.2, 0.25) is 0 Å². The van der Waals surface area contributed by atoms with Crippen LogP contribution in [0.3, 0.4) is 0 Å². The van der Waals surface area contributed by atoms with Crippen molar-refractivity contribution in [1.82, 2.24) is 25.1 Å². The number of aryl methyl sites for hydroxylation is 1. The van der Waals surface area contributed by atoms with E-state index < -0.39 is 0 Å². The number of carbonyl (C=O) groups excluding carboxylic acids is 1. The number of hydrazone groups is 1. The summed E-state index contributed by atoms with van der Waals surface area (Å²) in [6, 6.07) is 16.6. The molecule has 0 aliphatic carbocycles. The topological polar surface area (TPSA) is 67.0 Å². The second kappa shape index (κ2) is 7.55. The van der Waals surface area contributed by atoms with Gasteiger partial charge in [0.15, 0.2) is 0 Å². The van der Waals surface area contributed by atoms with Crippen LogP contribution >= 0.6 is 0 Å². The van der Waals surface area contributed by atoms with Gasteiger partial charge in [-0.1, -0.05) is 48.0 Å². The fourth-order valence-electron chi connectivity index (χ4n) is 5.75. The average Bonchev–Trinajstić information content (AvgIpc) is 3.17. The zero-order chi connectivity index (χ0) is 21.7. The minimum Gasteiger partial charge on any atom is -0.361 e. The maximum Gasteiger partial charge on any atom is 0.244 e. The van der Waals surface area contributed by atoms with Crippen molar-refractivity contribution < 1.29 is 4.79 Å². The number of hydrogen-bond acceptors (Lipinski definition) is 5. The highest BCUT2D eigenvalue weighted by atomic mass is 16.2. The van der Waals surface area contributed by atoms with Crippen LogP contribution in [0.5, 0.6) is 0 Å². The highest BCUT2D eigenvalue weighted by Gasteiger charge is 2.51. The Morgan fingerprint density at radius 3 is 2.34 bits per heavy atom. The highest BCUT2D eigenvalue weighted by molar-refractivity contribution is 6.06. The molecular weight excluding hydrogens is 400 g/mol. The Labute approximate surface area is 187 Å². The molecule has 3 aromatic rings. The van der Waals surface area contributed by atoms with Crippen molar-refractivity contribution in [3.05, 3.63) is 71.4 Å². The van der Waals surface area contributed by atoms with Gasteiger partial charge < -0.3 is 4.98 Å². The molecule has 4 saturated heterocycles. The van der Waals surface area contributed by atoms with Crippen molar-refractivity contribution in [2.75, 3.05) is 39.6 Å². The summed E-state index contributed by atoms with van der Waals surface area (Å²) in [4.78, 5) is 23.6. The third-order valence-electron chi connectivity index (χ3n) is 6.92. The third kappa shape index (κ3) is 3.43. The molecule has 4 aliphatic rings. The van der Waals surface area contributed by atoms with Gasteiger partial charge >= 0.3 is 0 Å². The number of aromatic amines is 1. The SMILES string of the molecule is Cc1ccc(C(=NNC(=O)Cc2c[nH]c3ccccc23)C23CN4CN(CN(C4)C2)C3)cc1. The van der Waals surface area contributed by atoms with Gasteiger partial charge in [-0.3, -0.25) is 19.5 Å². The van der Waals surface area contributed by atoms with Crippen LogP contribution in [0.1, 0.15) is 16.7 Å².